The Balaban J connectivity index is 1.49. The fourth-order valence-corrected chi connectivity index (χ4v) is 5.86. The molecule has 0 atom stereocenters. The Hall–Kier alpha value is -4.87. The molecule has 1 aliphatic heterocycles. The molecular weight excluding hydrogens is 620 g/mol. The summed E-state index contributed by atoms with van der Waals surface area (Å²) in [6, 6.07) is 24.3. The zero-order valence-electron chi connectivity index (χ0n) is 28.8. The molecule has 1 saturated heterocycles. The van der Waals surface area contributed by atoms with Crippen LogP contribution in [0.1, 0.15) is 60.6 Å². The second-order valence-corrected chi connectivity index (χ2v) is 12.1. The molecule has 1 amide bonds. The van der Waals surface area contributed by atoms with Crippen LogP contribution in [-0.2, 0) is 32.7 Å². The van der Waals surface area contributed by atoms with E-state index in [1.54, 1.807) is 14.2 Å². The van der Waals surface area contributed by atoms with Crippen molar-refractivity contribution in [3.63, 3.8) is 0 Å². The van der Waals surface area contributed by atoms with Gasteiger partial charge >= 0.3 is 12.1 Å². The molecule has 0 aliphatic carbocycles. The van der Waals surface area contributed by atoms with Gasteiger partial charge in [0, 0.05) is 32.7 Å². The van der Waals surface area contributed by atoms with Crippen molar-refractivity contribution in [2.45, 2.75) is 65.3 Å². The summed E-state index contributed by atoms with van der Waals surface area (Å²) < 4.78 is 22.6. The van der Waals surface area contributed by atoms with E-state index in [1.807, 2.05) is 53.4 Å². The van der Waals surface area contributed by atoms with Crippen molar-refractivity contribution in [1.29, 1.82) is 0 Å². The molecule has 1 aromatic heterocycles. The molecule has 1 aliphatic rings. The predicted octanol–water partition coefficient (Wildman–Crippen LogP) is 6.22. The van der Waals surface area contributed by atoms with Gasteiger partial charge in [-0.2, -0.15) is 9.97 Å². The fraction of sp³-hybridized carbons (Fsp3) is 0.395. The molecule has 2 heterocycles. The zero-order chi connectivity index (χ0) is 34.4. The Labute approximate surface area is 289 Å². The highest BCUT2D eigenvalue weighted by Crippen LogP contribution is 2.34. The van der Waals surface area contributed by atoms with Crippen LogP contribution in [0.15, 0.2) is 72.8 Å². The number of unbranched alkanes of at least 4 members (excludes halogenated alkanes) is 1. The van der Waals surface area contributed by atoms with Crippen molar-refractivity contribution in [1.82, 2.24) is 20.2 Å². The Morgan fingerprint density at radius 2 is 1.47 bits per heavy atom. The highest BCUT2D eigenvalue weighted by atomic mass is 16.6. The van der Waals surface area contributed by atoms with Crippen LogP contribution in [0.2, 0.25) is 0 Å². The molecule has 5 rings (SSSR count). The summed E-state index contributed by atoms with van der Waals surface area (Å²) in [4.78, 5) is 26.5. The minimum Gasteiger partial charge on any atom is -0.497 e. The number of primary amides is 1. The minimum atomic E-state index is -0.949. The van der Waals surface area contributed by atoms with Gasteiger partial charge in [-0.15, -0.1) is 0 Å². The van der Waals surface area contributed by atoms with Crippen LogP contribution in [0.3, 0.4) is 0 Å². The summed E-state index contributed by atoms with van der Waals surface area (Å²) in [6.45, 7) is 7.51. The summed E-state index contributed by atoms with van der Waals surface area (Å²) >= 11 is 0. The predicted molar refractivity (Wildman–Crippen MR) is 190 cm³/mol. The van der Waals surface area contributed by atoms with Gasteiger partial charge in [-0.25, -0.2) is 4.79 Å². The monoisotopic (exact) mass is 668 g/mol. The highest BCUT2D eigenvalue weighted by Gasteiger charge is 2.25. The maximum absolute atomic E-state index is 12.4. The molecule has 1 fully saturated rings. The standard InChI is InChI=1S/C38H48N6O5/c1-4-5-22-48-38-41-34(24-40-23-30-10-6-7-11-31(30)27-43-20-8-9-21-43)35(49-37(39)45)36(42-38)44(25-28-12-16-32(46-2)17-13-28)26-29-14-18-33(47-3)19-15-29/h6-7,10-19,40H,4-5,8-9,20-27H2,1-3H3,(H2,39,45). The number of hydrogen-bond acceptors (Lipinski definition) is 10. The number of ether oxygens (including phenoxy) is 4. The quantitative estimate of drug-likeness (QED) is 0.118. The Bertz CT molecular complexity index is 1580. The molecule has 0 bridgehead atoms. The highest BCUT2D eigenvalue weighted by molar-refractivity contribution is 5.72. The van der Waals surface area contributed by atoms with E-state index in [0.717, 1.165) is 55.1 Å². The second kappa shape index (κ2) is 18.0. The second-order valence-electron chi connectivity index (χ2n) is 12.1. The van der Waals surface area contributed by atoms with Crippen LogP contribution in [0.25, 0.3) is 0 Å². The summed E-state index contributed by atoms with van der Waals surface area (Å²) in [5.41, 5.74) is 10.6. The number of nitrogens with zero attached hydrogens (tertiary/aromatic N) is 4. The van der Waals surface area contributed by atoms with E-state index in [-0.39, 0.29) is 11.8 Å². The molecule has 0 radical (unpaired) electrons. The largest absolute Gasteiger partial charge is 0.497 e. The number of amides is 1. The van der Waals surface area contributed by atoms with Gasteiger partial charge in [0.15, 0.2) is 11.6 Å². The average Bonchev–Trinajstić information content (AvgIpc) is 3.63. The molecule has 49 heavy (non-hydrogen) atoms. The lowest BCUT2D eigenvalue weighted by Gasteiger charge is -2.27. The number of likely N-dealkylation sites (tertiary alicyclic amines) is 1. The van der Waals surface area contributed by atoms with Crippen molar-refractivity contribution in [2.75, 3.05) is 38.8 Å². The first-order valence-electron chi connectivity index (χ1n) is 17.0. The van der Waals surface area contributed by atoms with Crippen molar-refractivity contribution in [3.05, 3.63) is 101 Å². The first-order chi connectivity index (χ1) is 23.9. The van der Waals surface area contributed by atoms with Crippen LogP contribution in [0.4, 0.5) is 10.6 Å². The van der Waals surface area contributed by atoms with E-state index in [1.165, 1.54) is 24.0 Å². The molecule has 11 nitrogen and oxygen atoms in total. The van der Waals surface area contributed by atoms with Gasteiger partial charge in [-0.05, 0) is 78.9 Å². The third-order valence-electron chi connectivity index (χ3n) is 8.51. The molecule has 4 aromatic rings. The minimum absolute atomic E-state index is 0.190. The normalized spacial score (nSPS) is 12.9. The van der Waals surface area contributed by atoms with Gasteiger partial charge in [0.25, 0.3) is 0 Å². The van der Waals surface area contributed by atoms with Crippen molar-refractivity contribution in [3.8, 4) is 23.3 Å². The molecule has 3 aromatic carbocycles. The van der Waals surface area contributed by atoms with E-state index in [9.17, 15) is 4.79 Å². The fourth-order valence-electron chi connectivity index (χ4n) is 5.86. The number of rotatable bonds is 18. The topological polar surface area (TPSA) is 124 Å². The van der Waals surface area contributed by atoms with E-state index in [0.29, 0.717) is 44.3 Å². The Morgan fingerprint density at radius 3 is 2.04 bits per heavy atom. The zero-order valence-corrected chi connectivity index (χ0v) is 28.8. The number of benzene rings is 3. The van der Waals surface area contributed by atoms with Gasteiger partial charge in [0.05, 0.1) is 20.8 Å². The summed E-state index contributed by atoms with van der Waals surface area (Å²) in [6.07, 6.45) is 3.35. The summed E-state index contributed by atoms with van der Waals surface area (Å²) in [5, 5.41) is 3.54. The van der Waals surface area contributed by atoms with Crippen molar-refractivity contribution >= 4 is 11.9 Å². The number of carbonyl (C=O) groups excluding carboxylic acids is 1. The summed E-state index contributed by atoms with van der Waals surface area (Å²) in [7, 11) is 3.28. The van der Waals surface area contributed by atoms with Crippen LogP contribution < -0.4 is 34.9 Å². The number of aromatic nitrogens is 2. The maximum atomic E-state index is 12.4. The molecule has 11 heteroatoms. The lowest BCUT2D eigenvalue weighted by atomic mass is 10.1. The van der Waals surface area contributed by atoms with Crippen LogP contribution in [-0.4, -0.2) is 54.9 Å². The SMILES string of the molecule is CCCCOc1nc(CNCc2ccccc2CN2CCCC2)c(OC(N)=O)c(N(Cc2ccc(OC)cc2)Cc2ccc(OC)cc2)n1. The number of nitrogens with one attached hydrogen (secondary N) is 1. The molecule has 0 saturated carbocycles. The average molecular weight is 669 g/mol. The molecule has 260 valence electrons. The number of nitrogens with two attached hydrogens (primary N) is 1. The van der Waals surface area contributed by atoms with Crippen molar-refractivity contribution in [2.24, 2.45) is 5.73 Å². The van der Waals surface area contributed by atoms with Gasteiger partial charge in [0.1, 0.15) is 17.2 Å². The third-order valence-corrected chi connectivity index (χ3v) is 8.51. The number of methoxy groups -OCH3 is 2. The third kappa shape index (κ3) is 10.3. The van der Waals surface area contributed by atoms with E-state index < -0.39 is 6.09 Å². The Kier molecular flexibility index (Phi) is 13.1. The first-order valence-corrected chi connectivity index (χ1v) is 17.0. The summed E-state index contributed by atoms with van der Waals surface area (Å²) in [5.74, 6) is 2.10. The van der Waals surface area contributed by atoms with E-state index in [2.05, 4.69) is 41.4 Å². The van der Waals surface area contributed by atoms with Gasteiger partial charge < -0.3 is 34.9 Å². The molecule has 0 unspecified atom stereocenters. The maximum Gasteiger partial charge on any atom is 0.410 e. The number of carbonyl (C=O) groups is 1. The van der Waals surface area contributed by atoms with E-state index in [4.69, 9.17) is 34.6 Å². The van der Waals surface area contributed by atoms with Crippen molar-refractivity contribution < 1.29 is 23.7 Å². The lowest BCUT2D eigenvalue weighted by molar-refractivity contribution is 0.209. The van der Waals surface area contributed by atoms with Gasteiger partial charge in [0.2, 0.25) is 0 Å². The molecule has 3 N–H and O–H groups in total. The molecular formula is C38H48N6O5. The van der Waals surface area contributed by atoms with E-state index >= 15 is 0 Å². The molecule has 0 spiro atoms. The smallest absolute Gasteiger partial charge is 0.410 e. The van der Waals surface area contributed by atoms with Gasteiger partial charge in [-0.1, -0.05) is 61.9 Å². The Morgan fingerprint density at radius 1 is 0.857 bits per heavy atom. The lowest BCUT2D eigenvalue weighted by Crippen LogP contribution is -2.28. The van der Waals surface area contributed by atoms with Crippen LogP contribution in [0, 0.1) is 0 Å². The van der Waals surface area contributed by atoms with Crippen LogP contribution in [0.5, 0.6) is 23.3 Å². The number of hydrogen-bond donors (Lipinski definition) is 2. The number of anilines is 1. The van der Waals surface area contributed by atoms with Crippen LogP contribution >= 0.6 is 0 Å². The first kappa shape index (κ1) is 35.4. The van der Waals surface area contributed by atoms with Gasteiger partial charge in [-0.3, -0.25) is 4.90 Å².